The van der Waals surface area contributed by atoms with Crippen LogP contribution in [0.25, 0.3) is 0 Å². The largest absolute Gasteiger partial charge is 0.495 e. The minimum atomic E-state index is -3.92. The van der Waals surface area contributed by atoms with Crippen LogP contribution in [0.4, 0.5) is 5.69 Å². The van der Waals surface area contributed by atoms with Gasteiger partial charge in [0.2, 0.25) is 10.0 Å². The number of nitrogens with two attached hydrogens (primary N) is 1. The Morgan fingerprint density at radius 3 is 2.50 bits per heavy atom. The molecule has 1 aromatic carbocycles. The molecule has 0 unspecified atom stereocenters. The van der Waals surface area contributed by atoms with E-state index in [0.29, 0.717) is 0 Å². The molecule has 7 nitrogen and oxygen atoms in total. The Balaban J connectivity index is 3.15. The Morgan fingerprint density at radius 1 is 1.39 bits per heavy atom. The van der Waals surface area contributed by atoms with Crippen molar-refractivity contribution in [2.45, 2.75) is 10.9 Å². The fourth-order valence-corrected chi connectivity index (χ4v) is 2.74. The Hall–Kier alpha value is -1.35. The van der Waals surface area contributed by atoms with Crippen molar-refractivity contribution >= 4 is 15.7 Å². The maximum Gasteiger partial charge on any atom is 0.244 e. The van der Waals surface area contributed by atoms with E-state index in [-0.39, 0.29) is 16.3 Å². The van der Waals surface area contributed by atoms with Crippen molar-refractivity contribution in [3.63, 3.8) is 0 Å². The van der Waals surface area contributed by atoms with Crippen molar-refractivity contribution < 1.29 is 23.4 Å². The molecule has 0 heterocycles. The van der Waals surface area contributed by atoms with Gasteiger partial charge in [0.05, 0.1) is 26.4 Å². The second-order valence-electron chi connectivity index (χ2n) is 3.59. The van der Waals surface area contributed by atoms with Crippen LogP contribution in [0.15, 0.2) is 23.1 Å². The first-order valence-corrected chi connectivity index (χ1v) is 6.60. The van der Waals surface area contributed by atoms with E-state index >= 15 is 0 Å². The molecule has 0 aliphatic rings. The molecule has 0 bridgehead atoms. The predicted molar refractivity (Wildman–Crippen MR) is 65.7 cm³/mol. The number of aliphatic hydroxyl groups excluding tert-OH is 2. The van der Waals surface area contributed by atoms with Crippen molar-refractivity contribution in [3.8, 4) is 5.75 Å². The fourth-order valence-electron chi connectivity index (χ4n) is 1.32. The number of ether oxygens (including phenoxy) is 1. The molecular weight excluding hydrogens is 260 g/mol. The summed E-state index contributed by atoms with van der Waals surface area (Å²) in [5.74, 6) is 0.131. The minimum Gasteiger partial charge on any atom is -0.495 e. The summed E-state index contributed by atoms with van der Waals surface area (Å²) < 4.78 is 31.1. The zero-order valence-electron chi connectivity index (χ0n) is 9.83. The molecule has 0 aliphatic heterocycles. The molecular formula is C10H16N2O5S. The number of benzene rings is 1. The minimum absolute atomic E-state index is 0.131. The van der Waals surface area contributed by atoms with E-state index in [1.807, 2.05) is 0 Å². The lowest BCUT2D eigenvalue weighted by Gasteiger charge is -2.15. The zero-order valence-corrected chi connectivity index (χ0v) is 10.6. The first-order valence-electron chi connectivity index (χ1n) is 5.12. The highest BCUT2D eigenvalue weighted by Crippen LogP contribution is 2.25. The van der Waals surface area contributed by atoms with E-state index in [2.05, 4.69) is 4.72 Å². The molecule has 1 rings (SSSR count). The van der Waals surface area contributed by atoms with Gasteiger partial charge in [-0.2, -0.15) is 0 Å². The maximum absolute atomic E-state index is 12.0. The number of nitrogens with one attached hydrogen (secondary N) is 1. The molecule has 0 amide bonds. The van der Waals surface area contributed by atoms with Crippen molar-refractivity contribution in [3.05, 3.63) is 18.2 Å². The topological polar surface area (TPSA) is 122 Å². The summed E-state index contributed by atoms with van der Waals surface area (Å²) in [5, 5.41) is 17.7. The zero-order chi connectivity index (χ0) is 13.8. The Bertz CT molecular complexity index is 499. The lowest BCUT2D eigenvalue weighted by molar-refractivity contribution is 0.185. The van der Waals surface area contributed by atoms with Gasteiger partial charge in [-0.3, -0.25) is 0 Å². The second-order valence-corrected chi connectivity index (χ2v) is 5.28. The van der Waals surface area contributed by atoms with E-state index < -0.39 is 29.3 Å². The number of anilines is 1. The molecule has 0 saturated carbocycles. The number of hydrogen-bond donors (Lipinski definition) is 4. The third-order valence-electron chi connectivity index (χ3n) is 2.24. The van der Waals surface area contributed by atoms with Crippen LogP contribution in [-0.4, -0.2) is 45.0 Å². The first kappa shape index (κ1) is 14.7. The summed E-state index contributed by atoms with van der Waals surface area (Å²) >= 11 is 0. The van der Waals surface area contributed by atoms with Crippen LogP contribution in [0.5, 0.6) is 5.75 Å². The average Bonchev–Trinajstić information content (AvgIpc) is 2.36. The van der Waals surface area contributed by atoms with E-state index in [1.165, 1.54) is 25.3 Å². The number of methoxy groups -OCH3 is 1. The number of hydrogen-bond acceptors (Lipinski definition) is 6. The van der Waals surface area contributed by atoms with Crippen LogP contribution in [0, 0.1) is 0 Å². The van der Waals surface area contributed by atoms with Gasteiger partial charge in [-0.15, -0.1) is 0 Å². The Labute approximate surface area is 105 Å². The van der Waals surface area contributed by atoms with E-state index in [0.717, 1.165) is 0 Å². The summed E-state index contributed by atoms with van der Waals surface area (Å²) in [6.45, 7) is -1.03. The van der Waals surface area contributed by atoms with Crippen molar-refractivity contribution in [2.24, 2.45) is 0 Å². The quantitative estimate of drug-likeness (QED) is 0.490. The number of rotatable bonds is 6. The van der Waals surface area contributed by atoms with Crippen molar-refractivity contribution in [2.75, 3.05) is 26.1 Å². The summed E-state index contributed by atoms with van der Waals surface area (Å²) in [4.78, 5) is -0.142. The van der Waals surface area contributed by atoms with Gasteiger partial charge >= 0.3 is 0 Å². The third-order valence-corrected chi connectivity index (χ3v) is 3.78. The van der Waals surface area contributed by atoms with Gasteiger partial charge in [-0.1, -0.05) is 0 Å². The summed E-state index contributed by atoms with van der Waals surface area (Å²) in [6, 6.07) is 3.21. The van der Waals surface area contributed by atoms with Gasteiger partial charge in [-0.05, 0) is 18.2 Å². The van der Waals surface area contributed by atoms with E-state index in [9.17, 15) is 8.42 Å². The molecule has 0 atom stereocenters. The molecule has 0 radical (unpaired) electrons. The van der Waals surface area contributed by atoms with E-state index in [1.54, 1.807) is 0 Å². The maximum atomic E-state index is 12.0. The number of aliphatic hydroxyl groups is 2. The highest BCUT2D eigenvalue weighted by atomic mass is 32.2. The van der Waals surface area contributed by atoms with Gasteiger partial charge in [0.15, 0.2) is 0 Å². The molecule has 18 heavy (non-hydrogen) atoms. The lowest BCUT2D eigenvalue weighted by Crippen LogP contribution is -2.40. The Kier molecular flexibility index (Phi) is 4.91. The molecule has 8 heteroatoms. The third kappa shape index (κ3) is 3.33. The number of nitrogen functional groups attached to an aromatic ring is 1. The van der Waals surface area contributed by atoms with Gasteiger partial charge in [0.25, 0.3) is 0 Å². The Morgan fingerprint density at radius 2 is 2.00 bits per heavy atom. The molecule has 1 aromatic rings. The van der Waals surface area contributed by atoms with Gasteiger partial charge in [-0.25, -0.2) is 13.1 Å². The summed E-state index contributed by atoms with van der Waals surface area (Å²) in [6.07, 6.45) is 0. The highest BCUT2D eigenvalue weighted by Gasteiger charge is 2.23. The van der Waals surface area contributed by atoms with Crippen LogP contribution in [-0.2, 0) is 10.0 Å². The molecule has 0 fully saturated rings. The van der Waals surface area contributed by atoms with Gasteiger partial charge < -0.3 is 20.7 Å². The first-order chi connectivity index (χ1) is 8.44. The van der Waals surface area contributed by atoms with Gasteiger partial charge in [0.1, 0.15) is 10.6 Å². The molecule has 102 valence electrons. The van der Waals surface area contributed by atoms with Crippen molar-refractivity contribution in [1.29, 1.82) is 0 Å². The summed E-state index contributed by atoms with van der Waals surface area (Å²) in [7, 11) is -2.59. The molecule has 0 saturated heterocycles. The van der Waals surface area contributed by atoms with E-state index in [4.69, 9.17) is 20.7 Å². The average molecular weight is 276 g/mol. The predicted octanol–water partition coefficient (Wildman–Crippen LogP) is -1.09. The monoisotopic (exact) mass is 276 g/mol. The smallest absolute Gasteiger partial charge is 0.244 e. The molecule has 5 N–H and O–H groups in total. The standard InChI is InChI=1S/C10H16N2O5S/c1-17-9-3-2-7(11)4-10(9)18(15,16)12-8(5-13)6-14/h2-4,8,12-14H,5-6,11H2,1H3. The number of sulfonamides is 1. The highest BCUT2D eigenvalue weighted by molar-refractivity contribution is 7.89. The molecule has 0 aromatic heterocycles. The van der Waals surface area contributed by atoms with Crippen LogP contribution < -0.4 is 15.2 Å². The second kappa shape index (κ2) is 6.01. The molecule has 0 aliphatic carbocycles. The summed E-state index contributed by atoms with van der Waals surface area (Å²) in [5.41, 5.74) is 5.79. The normalized spacial score (nSPS) is 11.8. The van der Waals surface area contributed by atoms with Crippen molar-refractivity contribution in [1.82, 2.24) is 4.72 Å². The fraction of sp³-hybridized carbons (Fsp3) is 0.400. The van der Waals surface area contributed by atoms with Crippen LogP contribution in [0.2, 0.25) is 0 Å². The molecule has 0 spiro atoms. The van der Waals surface area contributed by atoms with Crippen LogP contribution in [0.1, 0.15) is 0 Å². The SMILES string of the molecule is COc1ccc(N)cc1S(=O)(=O)NC(CO)CO. The van der Waals surface area contributed by atoms with Gasteiger partial charge in [0, 0.05) is 5.69 Å². The van der Waals surface area contributed by atoms with Crippen LogP contribution in [0.3, 0.4) is 0 Å². The van der Waals surface area contributed by atoms with Crippen LogP contribution >= 0.6 is 0 Å². The lowest BCUT2D eigenvalue weighted by atomic mass is 10.3.